The molecule has 0 spiro atoms. The Kier molecular flexibility index (Phi) is 7.77. The van der Waals surface area contributed by atoms with Crippen LogP contribution in [0.2, 0.25) is 0 Å². The van der Waals surface area contributed by atoms with E-state index in [1.807, 2.05) is 11.3 Å². The summed E-state index contributed by atoms with van der Waals surface area (Å²) >= 11 is 7.48. The van der Waals surface area contributed by atoms with Crippen molar-refractivity contribution < 1.29 is 0 Å². The van der Waals surface area contributed by atoms with Gasteiger partial charge in [0.1, 0.15) is 0 Å². The number of thiophene rings is 1. The molecule has 0 aromatic carbocycles. The van der Waals surface area contributed by atoms with E-state index in [0.29, 0.717) is 0 Å². The summed E-state index contributed by atoms with van der Waals surface area (Å²) < 4.78 is 0. The van der Waals surface area contributed by atoms with Crippen LogP contribution in [-0.2, 0) is 6.54 Å². The van der Waals surface area contributed by atoms with E-state index >= 15 is 0 Å². The summed E-state index contributed by atoms with van der Waals surface area (Å²) in [4.78, 5) is 3.76. The van der Waals surface area contributed by atoms with Gasteiger partial charge in [-0.3, -0.25) is 4.90 Å². The molecule has 0 aliphatic heterocycles. The first-order valence-electron chi connectivity index (χ1n) is 4.17. The van der Waals surface area contributed by atoms with E-state index in [4.69, 9.17) is 11.6 Å². The average molecular weight is 240 g/mol. The molecule has 4 heteroatoms. The maximum atomic E-state index is 5.68. The van der Waals surface area contributed by atoms with Crippen molar-refractivity contribution in [2.75, 3.05) is 19.0 Å². The molecule has 0 unspecified atom stereocenters. The monoisotopic (exact) mass is 239 g/mol. The topological polar surface area (TPSA) is 3.24 Å². The van der Waals surface area contributed by atoms with E-state index in [-0.39, 0.29) is 12.4 Å². The van der Waals surface area contributed by atoms with Gasteiger partial charge < -0.3 is 0 Å². The number of hydrogen-bond acceptors (Lipinski definition) is 2. The van der Waals surface area contributed by atoms with Gasteiger partial charge in [-0.2, -0.15) is 0 Å². The second kappa shape index (κ2) is 7.63. The lowest BCUT2D eigenvalue weighted by atomic mass is 10.4. The average Bonchev–Trinajstić information content (AvgIpc) is 2.56. The van der Waals surface area contributed by atoms with Crippen LogP contribution in [0.5, 0.6) is 0 Å². The first-order chi connectivity index (χ1) is 5.86. The molecule has 1 nitrogen and oxygen atoms in total. The molecule has 0 fully saturated rings. The van der Waals surface area contributed by atoms with Crippen LogP contribution < -0.4 is 0 Å². The Bertz CT molecular complexity index is 201. The minimum Gasteiger partial charge on any atom is -0.297 e. The lowest BCUT2D eigenvalue weighted by Crippen LogP contribution is -2.24. The van der Waals surface area contributed by atoms with Crippen LogP contribution in [0.1, 0.15) is 11.8 Å². The first kappa shape index (κ1) is 13.2. The highest BCUT2D eigenvalue weighted by Crippen LogP contribution is 2.11. The molecule has 1 aromatic rings. The number of hydrogen-bond donors (Lipinski definition) is 0. The summed E-state index contributed by atoms with van der Waals surface area (Å²) in [5.74, 6) is 0.721. The van der Waals surface area contributed by atoms with Crippen molar-refractivity contribution in [3.05, 3.63) is 22.4 Å². The van der Waals surface area contributed by atoms with Crippen molar-refractivity contribution in [1.82, 2.24) is 4.90 Å². The molecule has 0 bridgehead atoms. The quantitative estimate of drug-likeness (QED) is 0.714. The highest BCUT2D eigenvalue weighted by molar-refractivity contribution is 7.09. The Hall–Kier alpha value is 0.240. The predicted octanol–water partition coefficient (Wildman–Crippen LogP) is 3.23. The number of nitrogens with zero attached hydrogens (tertiary/aromatic N) is 1. The molecule has 0 amide bonds. The van der Waals surface area contributed by atoms with Gasteiger partial charge in [-0.25, -0.2) is 0 Å². The maximum Gasteiger partial charge on any atom is 0.0351 e. The van der Waals surface area contributed by atoms with Crippen LogP contribution in [0.4, 0.5) is 0 Å². The Morgan fingerprint density at radius 2 is 2.31 bits per heavy atom. The summed E-state index contributed by atoms with van der Waals surface area (Å²) in [6.45, 7) is 5.27. The minimum absolute atomic E-state index is 0. The predicted molar refractivity (Wildman–Crippen MR) is 63.2 cm³/mol. The van der Waals surface area contributed by atoms with Gasteiger partial charge in [0.05, 0.1) is 0 Å². The van der Waals surface area contributed by atoms with Crippen LogP contribution in [0.15, 0.2) is 17.5 Å². The van der Waals surface area contributed by atoms with Crippen LogP contribution in [0, 0.1) is 0 Å². The summed E-state index contributed by atoms with van der Waals surface area (Å²) in [6.07, 6.45) is 0. The summed E-state index contributed by atoms with van der Waals surface area (Å²) in [6, 6.07) is 4.26. The Morgan fingerprint density at radius 1 is 1.54 bits per heavy atom. The third kappa shape index (κ3) is 4.87. The fourth-order valence-electron chi connectivity index (χ4n) is 1.09. The second-order valence-electron chi connectivity index (χ2n) is 2.64. The highest BCUT2D eigenvalue weighted by atomic mass is 35.5. The van der Waals surface area contributed by atoms with Gasteiger partial charge in [-0.15, -0.1) is 35.3 Å². The molecule has 0 aliphatic carbocycles. The van der Waals surface area contributed by atoms with Crippen molar-refractivity contribution in [2.45, 2.75) is 13.5 Å². The molecule has 0 saturated carbocycles. The summed E-state index contributed by atoms with van der Waals surface area (Å²) in [5, 5.41) is 2.11. The standard InChI is InChI=1S/C9H14ClNS.ClH/c1-2-11(6-5-10)8-9-4-3-7-12-9;/h3-4,7H,2,5-6,8H2,1H3;1H. The van der Waals surface area contributed by atoms with E-state index in [0.717, 1.165) is 25.5 Å². The van der Waals surface area contributed by atoms with Gasteiger partial charge in [0.25, 0.3) is 0 Å². The molecule has 1 heterocycles. The van der Waals surface area contributed by atoms with E-state index < -0.39 is 0 Å². The summed E-state index contributed by atoms with van der Waals surface area (Å²) in [7, 11) is 0. The zero-order valence-electron chi connectivity index (χ0n) is 7.70. The van der Waals surface area contributed by atoms with Crippen LogP contribution in [0.25, 0.3) is 0 Å². The highest BCUT2D eigenvalue weighted by Gasteiger charge is 2.02. The smallest absolute Gasteiger partial charge is 0.0351 e. The zero-order valence-corrected chi connectivity index (χ0v) is 10.1. The Morgan fingerprint density at radius 3 is 2.77 bits per heavy atom. The maximum absolute atomic E-state index is 5.68. The molecule has 1 aromatic heterocycles. The molecular formula is C9H15Cl2NS. The second-order valence-corrected chi connectivity index (χ2v) is 4.05. The fraction of sp³-hybridized carbons (Fsp3) is 0.556. The number of rotatable bonds is 5. The van der Waals surface area contributed by atoms with E-state index in [1.165, 1.54) is 4.88 Å². The van der Waals surface area contributed by atoms with Gasteiger partial charge >= 0.3 is 0 Å². The first-order valence-corrected chi connectivity index (χ1v) is 5.59. The van der Waals surface area contributed by atoms with Crippen molar-refractivity contribution in [3.8, 4) is 0 Å². The van der Waals surface area contributed by atoms with E-state index in [9.17, 15) is 0 Å². The van der Waals surface area contributed by atoms with E-state index in [2.05, 4.69) is 29.3 Å². The van der Waals surface area contributed by atoms with E-state index in [1.54, 1.807) is 0 Å². The number of alkyl halides is 1. The van der Waals surface area contributed by atoms with Crippen LogP contribution in [-0.4, -0.2) is 23.9 Å². The van der Waals surface area contributed by atoms with Gasteiger partial charge in [0.2, 0.25) is 0 Å². The summed E-state index contributed by atoms with van der Waals surface area (Å²) in [5.41, 5.74) is 0. The zero-order chi connectivity index (χ0) is 8.81. The third-order valence-electron chi connectivity index (χ3n) is 1.81. The third-order valence-corrected chi connectivity index (χ3v) is 2.84. The molecule has 0 N–H and O–H groups in total. The van der Waals surface area contributed by atoms with Crippen LogP contribution >= 0.6 is 35.3 Å². The fourth-order valence-corrected chi connectivity index (χ4v) is 2.08. The van der Waals surface area contributed by atoms with Gasteiger partial charge in [0, 0.05) is 23.8 Å². The Balaban J connectivity index is 0.00000144. The molecule has 0 aliphatic rings. The SMILES string of the molecule is CCN(CCCl)Cc1cccs1.Cl. The van der Waals surface area contributed by atoms with Crippen LogP contribution in [0.3, 0.4) is 0 Å². The lowest BCUT2D eigenvalue weighted by Gasteiger charge is -2.17. The molecule has 1 rings (SSSR count). The largest absolute Gasteiger partial charge is 0.297 e. The van der Waals surface area contributed by atoms with Crippen molar-refractivity contribution in [2.24, 2.45) is 0 Å². The van der Waals surface area contributed by atoms with Crippen molar-refractivity contribution in [1.29, 1.82) is 0 Å². The minimum atomic E-state index is 0. The van der Waals surface area contributed by atoms with Crippen molar-refractivity contribution >= 4 is 35.3 Å². The Labute approximate surface area is 95.1 Å². The lowest BCUT2D eigenvalue weighted by molar-refractivity contribution is 0.300. The van der Waals surface area contributed by atoms with Crippen molar-refractivity contribution in [3.63, 3.8) is 0 Å². The van der Waals surface area contributed by atoms with Gasteiger partial charge in [-0.05, 0) is 18.0 Å². The molecule has 0 atom stereocenters. The molecule has 76 valence electrons. The van der Waals surface area contributed by atoms with Gasteiger partial charge in [-0.1, -0.05) is 13.0 Å². The molecular weight excluding hydrogens is 225 g/mol. The normalized spacial score (nSPS) is 10.1. The number of halogens is 2. The van der Waals surface area contributed by atoms with Gasteiger partial charge in [0.15, 0.2) is 0 Å². The molecule has 0 radical (unpaired) electrons. The molecule has 13 heavy (non-hydrogen) atoms. The molecule has 0 saturated heterocycles.